The van der Waals surface area contributed by atoms with Crippen LogP contribution in [0.1, 0.15) is 23.2 Å². The molecule has 7 heteroatoms. The molecule has 0 saturated carbocycles. The number of amides is 1. The Kier molecular flexibility index (Phi) is 5.28. The van der Waals surface area contributed by atoms with Crippen molar-refractivity contribution in [3.05, 3.63) is 23.8 Å². The largest absolute Gasteiger partial charge is 0.493 e. The molecule has 6 nitrogen and oxygen atoms in total. The highest BCUT2D eigenvalue weighted by Crippen LogP contribution is 2.27. The Bertz CT molecular complexity index is 641. The van der Waals surface area contributed by atoms with E-state index in [-0.39, 0.29) is 23.3 Å². The molecule has 1 aromatic rings. The number of carbonyl (C=O) groups is 1. The lowest BCUT2D eigenvalue weighted by Crippen LogP contribution is -2.26. The van der Waals surface area contributed by atoms with Crippen molar-refractivity contribution >= 4 is 15.7 Å². The van der Waals surface area contributed by atoms with Crippen molar-refractivity contribution in [2.45, 2.75) is 12.8 Å². The first kappa shape index (κ1) is 16.6. The lowest BCUT2D eigenvalue weighted by Gasteiger charge is -2.11. The summed E-state index contributed by atoms with van der Waals surface area (Å²) in [6.45, 7) is 0.466. The summed E-state index contributed by atoms with van der Waals surface area (Å²) in [5, 5.41) is 2.81. The van der Waals surface area contributed by atoms with Gasteiger partial charge < -0.3 is 14.8 Å². The van der Waals surface area contributed by atoms with Crippen molar-refractivity contribution in [3.63, 3.8) is 0 Å². The summed E-state index contributed by atoms with van der Waals surface area (Å²) in [6.07, 6.45) is 1.37. The number of sulfone groups is 1. The van der Waals surface area contributed by atoms with Crippen LogP contribution in [0.5, 0.6) is 11.5 Å². The Balaban J connectivity index is 1.87. The molecule has 0 bridgehead atoms. The van der Waals surface area contributed by atoms with Gasteiger partial charge in [-0.25, -0.2) is 8.42 Å². The highest BCUT2D eigenvalue weighted by atomic mass is 32.2. The van der Waals surface area contributed by atoms with Gasteiger partial charge in [0, 0.05) is 12.1 Å². The van der Waals surface area contributed by atoms with Crippen molar-refractivity contribution in [1.82, 2.24) is 5.32 Å². The van der Waals surface area contributed by atoms with Gasteiger partial charge in [0.05, 0.1) is 25.7 Å². The number of ether oxygens (including phenoxy) is 2. The lowest BCUT2D eigenvalue weighted by atomic mass is 10.1. The van der Waals surface area contributed by atoms with Gasteiger partial charge in [-0.05, 0) is 37.0 Å². The zero-order valence-electron chi connectivity index (χ0n) is 12.8. The van der Waals surface area contributed by atoms with Crippen LogP contribution in [0.3, 0.4) is 0 Å². The van der Waals surface area contributed by atoms with E-state index < -0.39 is 9.84 Å². The highest BCUT2D eigenvalue weighted by Gasteiger charge is 2.27. The second kappa shape index (κ2) is 7.00. The molecule has 122 valence electrons. The first-order valence-electron chi connectivity index (χ1n) is 7.16. The summed E-state index contributed by atoms with van der Waals surface area (Å²) in [6, 6.07) is 4.96. The SMILES string of the molecule is COc1ccc(C(=O)NCCC2CCS(=O)(=O)C2)cc1OC. The Morgan fingerprint density at radius 2 is 2.00 bits per heavy atom. The summed E-state index contributed by atoms with van der Waals surface area (Å²) in [4.78, 5) is 12.1. The van der Waals surface area contributed by atoms with E-state index >= 15 is 0 Å². The predicted molar refractivity (Wildman–Crippen MR) is 83.3 cm³/mol. The minimum Gasteiger partial charge on any atom is -0.493 e. The van der Waals surface area contributed by atoms with E-state index in [2.05, 4.69) is 5.32 Å². The van der Waals surface area contributed by atoms with E-state index in [1.165, 1.54) is 14.2 Å². The second-order valence-corrected chi connectivity index (χ2v) is 7.61. The molecule has 0 aliphatic carbocycles. The van der Waals surface area contributed by atoms with Gasteiger partial charge in [-0.3, -0.25) is 4.79 Å². The van der Waals surface area contributed by atoms with Crippen LogP contribution in [-0.2, 0) is 9.84 Å². The molecule has 1 N–H and O–H groups in total. The first-order chi connectivity index (χ1) is 10.4. The van der Waals surface area contributed by atoms with Gasteiger partial charge in [0.1, 0.15) is 0 Å². The van der Waals surface area contributed by atoms with E-state index in [1.807, 2.05) is 0 Å². The van der Waals surface area contributed by atoms with Crippen LogP contribution >= 0.6 is 0 Å². The third-order valence-electron chi connectivity index (χ3n) is 3.81. The van der Waals surface area contributed by atoms with Crippen molar-refractivity contribution in [2.24, 2.45) is 5.92 Å². The Morgan fingerprint density at radius 1 is 1.27 bits per heavy atom. The number of hydrogen-bond donors (Lipinski definition) is 1. The molecule has 0 aromatic heterocycles. The molecular formula is C15H21NO5S. The lowest BCUT2D eigenvalue weighted by molar-refractivity contribution is 0.0951. The number of hydrogen-bond acceptors (Lipinski definition) is 5. The average Bonchev–Trinajstić information content (AvgIpc) is 2.85. The van der Waals surface area contributed by atoms with E-state index in [0.717, 1.165) is 0 Å². The van der Waals surface area contributed by atoms with Crippen LogP contribution < -0.4 is 14.8 Å². The molecule has 1 unspecified atom stereocenters. The molecule has 1 aromatic carbocycles. The smallest absolute Gasteiger partial charge is 0.251 e. The second-order valence-electron chi connectivity index (χ2n) is 5.38. The van der Waals surface area contributed by atoms with Crippen LogP contribution in [0.2, 0.25) is 0 Å². The van der Waals surface area contributed by atoms with Gasteiger partial charge in [0.15, 0.2) is 21.3 Å². The van der Waals surface area contributed by atoms with Crippen LogP contribution in [-0.4, -0.2) is 46.6 Å². The molecule has 1 aliphatic rings. The number of benzene rings is 1. The van der Waals surface area contributed by atoms with Gasteiger partial charge in [0.25, 0.3) is 5.91 Å². The molecule has 1 aliphatic heterocycles. The first-order valence-corrected chi connectivity index (χ1v) is 8.98. The fourth-order valence-corrected chi connectivity index (χ4v) is 4.48. The Morgan fingerprint density at radius 3 is 2.59 bits per heavy atom. The predicted octanol–water partition coefficient (Wildman–Crippen LogP) is 1.26. The van der Waals surface area contributed by atoms with Crippen LogP contribution in [0.25, 0.3) is 0 Å². The van der Waals surface area contributed by atoms with Crippen LogP contribution in [0.4, 0.5) is 0 Å². The number of nitrogens with one attached hydrogen (secondary N) is 1. The van der Waals surface area contributed by atoms with Crippen molar-refractivity contribution in [1.29, 1.82) is 0 Å². The van der Waals surface area contributed by atoms with Crippen molar-refractivity contribution < 1.29 is 22.7 Å². The number of carbonyl (C=O) groups excluding carboxylic acids is 1. The van der Waals surface area contributed by atoms with Crippen molar-refractivity contribution in [2.75, 3.05) is 32.3 Å². The standard InChI is InChI=1S/C15H21NO5S/c1-20-13-4-3-12(9-14(13)21-2)15(17)16-7-5-11-6-8-22(18,19)10-11/h3-4,9,11H,5-8,10H2,1-2H3,(H,16,17). The maximum absolute atomic E-state index is 12.1. The molecule has 1 amide bonds. The summed E-state index contributed by atoms with van der Waals surface area (Å²) in [7, 11) is 0.191. The van der Waals surface area contributed by atoms with E-state index in [0.29, 0.717) is 36.4 Å². The van der Waals surface area contributed by atoms with Crippen LogP contribution in [0.15, 0.2) is 18.2 Å². The summed E-state index contributed by atoms with van der Waals surface area (Å²) < 4.78 is 33.0. The van der Waals surface area contributed by atoms with Gasteiger partial charge in [0.2, 0.25) is 0 Å². The fraction of sp³-hybridized carbons (Fsp3) is 0.533. The fourth-order valence-electron chi connectivity index (χ4n) is 2.57. The van der Waals surface area contributed by atoms with Gasteiger partial charge in [-0.2, -0.15) is 0 Å². The van der Waals surface area contributed by atoms with Crippen molar-refractivity contribution in [3.8, 4) is 11.5 Å². The third kappa shape index (κ3) is 4.13. The Hall–Kier alpha value is -1.76. The molecule has 0 radical (unpaired) electrons. The van der Waals surface area contributed by atoms with E-state index in [4.69, 9.17) is 9.47 Å². The summed E-state index contributed by atoms with van der Waals surface area (Å²) in [5.74, 6) is 1.50. The monoisotopic (exact) mass is 327 g/mol. The zero-order valence-corrected chi connectivity index (χ0v) is 13.6. The zero-order chi connectivity index (χ0) is 16.2. The molecular weight excluding hydrogens is 306 g/mol. The molecule has 1 atom stereocenters. The summed E-state index contributed by atoms with van der Waals surface area (Å²) in [5.41, 5.74) is 0.483. The minimum atomic E-state index is -2.86. The summed E-state index contributed by atoms with van der Waals surface area (Å²) >= 11 is 0. The van der Waals surface area contributed by atoms with Gasteiger partial charge in [-0.15, -0.1) is 0 Å². The molecule has 1 heterocycles. The molecule has 1 saturated heterocycles. The highest BCUT2D eigenvalue weighted by molar-refractivity contribution is 7.91. The van der Waals surface area contributed by atoms with Gasteiger partial charge >= 0.3 is 0 Å². The van der Waals surface area contributed by atoms with E-state index in [9.17, 15) is 13.2 Å². The molecule has 0 spiro atoms. The quantitative estimate of drug-likeness (QED) is 0.850. The number of rotatable bonds is 6. The van der Waals surface area contributed by atoms with E-state index in [1.54, 1.807) is 18.2 Å². The molecule has 22 heavy (non-hydrogen) atoms. The topological polar surface area (TPSA) is 81.7 Å². The minimum absolute atomic E-state index is 0.149. The normalized spacial score (nSPS) is 19.6. The molecule has 1 fully saturated rings. The maximum atomic E-state index is 12.1. The number of methoxy groups -OCH3 is 2. The van der Waals surface area contributed by atoms with Crippen LogP contribution in [0, 0.1) is 5.92 Å². The average molecular weight is 327 g/mol. The van der Waals surface area contributed by atoms with Gasteiger partial charge in [-0.1, -0.05) is 0 Å². The maximum Gasteiger partial charge on any atom is 0.251 e. The molecule has 2 rings (SSSR count). The third-order valence-corrected chi connectivity index (χ3v) is 5.65. The Labute approximate surface area is 130 Å².